The fourth-order valence-corrected chi connectivity index (χ4v) is 8.27. The van der Waals surface area contributed by atoms with Crippen LogP contribution in [0.25, 0.3) is 0 Å². The number of nitrogens with zero attached hydrogens (tertiary/aromatic N) is 1. The Labute approximate surface area is 297 Å². The summed E-state index contributed by atoms with van der Waals surface area (Å²) in [6.07, 6.45) is 3.52. The second-order valence-electron chi connectivity index (χ2n) is 12.9. The highest BCUT2D eigenvalue weighted by atomic mass is 35.5. The molecule has 0 radical (unpaired) electrons. The monoisotopic (exact) mass is 711 g/mol. The maximum atomic E-state index is 14.7. The van der Waals surface area contributed by atoms with Crippen molar-refractivity contribution in [3.63, 3.8) is 0 Å². The molecule has 5 N–H and O–H groups in total. The molecular formula is C38H44Cl2FN3O3S. The molecule has 256 valence electrons. The first kappa shape index (κ1) is 37.4. The number of benzene rings is 3. The number of aromatic carboxylic acids is 1. The summed E-state index contributed by atoms with van der Waals surface area (Å²) in [6, 6.07) is 16.5. The highest BCUT2D eigenvalue weighted by Gasteiger charge is 2.39. The van der Waals surface area contributed by atoms with Crippen LogP contribution < -0.4 is 16.2 Å². The van der Waals surface area contributed by atoms with Gasteiger partial charge in [0.15, 0.2) is 17.5 Å². The average Bonchev–Trinajstić information content (AvgIpc) is 3.13. The van der Waals surface area contributed by atoms with Crippen molar-refractivity contribution in [1.82, 2.24) is 0 Å². The van der Waals surface area contributed by atoms with Gasteiger partial charge < -0.3 is 21.3 Å². The van der Waals surface area contributed by atoms with Crippen LogP contribution in [0.4, 0.5) is 4.39 Å². The molecule has 48 heavy (non-hydrogen) atoms. The van der Waals surface area contributed by atoms with E-state index in [9.17, 15) is 14.3 Å². The molecule has 3 unspecified atom stereocenters. The lowest BCUT2D eigenvalue weighted by Crippen LogP contribution is -2.28. The van der Waals surface area contributed by atoms with Gasteiger partial charge >= 0.3 is 5.97 Å². The predicted octanol–water partition coefficient (Wildman–Crippen LogP) is 9.53. The van der Waals surface area contributed by atoms with Crippen LogP contribution >= 0.6 is 35.0 Å². The zero-order valence-corrected chi connectivity index (χ0v) is 30.6. The number of carbonyl (C=O) groups is 1. The number of nitrogens with two attached hydrogens (primary N) is 2. The molecule has 0 aromatic heterocycles. The number of rotatable bonds is 12. The van der Waals surface area contributed by atoms with Crippen LogP contribution in [0.2, 0.25) is 10.0 Å². The minimum atomic E-state index is -0.972. The molecule has 1 aliphatic carbocycles. The Morgan fingerprint density at radius 1 is 1.06 bits per heavy atom. The maximum Gasteiger partial charge on any atom is 0.335 e. The summed E-state index contributed by atoms with van der Waals surface area (Å²) in [5, 5.41) is 11.1. The topological polar surface area (TPSA) is 111 Å². The van der Waals surface area contributed by atoms with Gasteiger partial charge in [0.1, 0.15) is 0 Å². The van der Waals surface area contributed by atoms with Crippen molar-refractivity contribution < 1.29 is 19.0 Å². The van der Waals surface area contributed by atoms with Gasteiger partial charge in [0.25, 0.3) is 0 Å². The van der Waals surface area contributed by atoms with Gasteiger partial charge in [-0.25, -0.2) is 9.18 Å². The van der Waals surface area contributed by atoms with Gasteiger partial charge in [-0.05, 0) is 89.1 Å². The molecule has 3 aromatic rings. The molecular weight excluding hydrogens is 668 g/mol. The second kappa shape index (κ2) is 15.8. The lowest BCUT2D eigenvalue weighted by molar-refractivity contribution is 0.0695. The van der Waals surface area contributed by atoms with Gasteiger partial charge in [-0.1, -0.05) is 92.4 Å². The number of thioether (sulfide) groups is 1. The maximum absolute atomic E-state index is 14.7. The largest absolute Gasteiger partial charge is 0.494 e. The van der Waals surface area contributed by atoms with Gasteiger partial charge in [0.2, 0.25) is 0 Å². The number of guanidine groups is 1. The molecule has 0 saturated heterocycles. The van der Waals surface area contributed by atoms with Gasteiger partial charge in [-0.2, -0.15) is 0 Å². The summed E-state index contributed by atoms with van der Waals surface area (Å²) < 4.78 is 20.1. The first-order valence-electron chi connectivity index (χ1n) is 15.9. The number of allylic oxidation sites excluding steroid dienone is 4. The van der Waals surface area contributed by atoms with Gasteiger partial charge in [-0.15, -0.1) is 11.8 Å². The molecule has 0 saturated carbocycles. The highest BCUT2D eigenvalue weighted by molar-refractivity contribution is 8.02. The number of aliphatic imine (C=N–C) groups is 1. The van der Waals surface area contributed by atoms with E-state index in [4.69, 9.17) is 39.4 Å². The third-order valence-electron chi connectivity index (χ3n) is 9.37. The van der Waals surface area contributed by atoms with Gasteiger partial charge in [-0.3, -0.25) is 4.99 Å². The number of carboxylic acid groups (broad SMARTS) is 1. The highest BCUT2D eigenvalue weighted by Crippen LogP contribution is 2.52. The summed E-state index contributed by atoms with van der Waals surface area (Å²) in [4.78, 5) is 17.4. The zero-order valence-electron chi connectivity index (χ0n) is 28.2. The molecule has 0 amide bonds. The van der Waals surface area contributed by atoms with E-state index in [1.807, 2.05) is 36.4 Å². The van der Waals surface area contributed by atoms with Crippen LogP contribution in [0.3, 0.4) is 0 Å². The molecule has 1 aliphatic rings. The van der Waals surface area contributed by atoms with Crippen molar-refractivity contribution in [3.05, 3.63) is 120 Å². The minimum absolute atomic E-state index is 0.00538. The summed E-state index contributed by atoms with van der Waals surface area (Å²) in [7, 11) is 1.47. The molecule has 3 aromatic carbocycles. The van der Waals surface area contributed by atoms with E-state index in [2.05, 4.69) is 45.7 Å². The molecule has 6 nitrogen and oxygen atoms in total. The van der Waals surface area contributed by atoms with Crippen molar-refractivity contribution in [3.8, 4) is 5.75 Å². The first-order valence-corrected chi connectivity index (χ1v) is 17.6. The summed E-state index contributed by atoms with van der Waals surface area (Å²) in [5.41, 5.74) is 16.8. The van der Waals surface area contributed by atoms with Crippen molar-refractivity contribution in [1.29, 1.82) is 0 Å². The number of hydrogen-bond acceptors (Lipinski definition) is 4. The Morgan fingerprint density at radius 3 is 2.44 bits per heavy atom. The smallest absolute Gasteiger partial charge is 0.335 e. The van der Waals surface area contributed by atoms with Crippen LogP contribution in [0, 0.1) is 17.7 Å². The van der Waals surface area contributed by atoms with Gasteiger partial charge in [0.05, 0.1) is 22.7 Å². The number of hydrogen-bond donors (Lipinski definition) is 3. The lowest BCUT2D eigenvalue weighted by Gasteiger charge is -2.37. The average molecular weight is 713 g/mol. The molecule has 0 fully saturated rings. The zero-order chi connectivity index (χ0) is 35.3. The number of aryl methyl sites for hydroxylation is 1. The third kappa shape index (κ3) is 8.39. The van der Waals surface area contributed by atoms with E-state index >= 15 is 0 Å². The number of ether oxygens (including phenoxy) is 1. The van der Waals surface area contributed by atoms with E-state index in [1.165, 1.54) is 24.3 Å². The molecule has 0 heterocycles. The van der Waals surface area contributed by atoms with Crippen molar-refractivity contribution >= 4 is 46.9 Å². The molecule has 0 bridgehead atoms. The fraction of sp³-hybridized carbons (Fsp3) is 0.368. The first-order chi connectivity index (χ1) is 22.6. The molecule has 0 aliphatic heterocycles. The third-order valence-corrected chi connectivity index (χ3v) is 11.5. The van der Waals surface area contributed by atoms with E-state index in [-0.39, 0.29) is 35.0 Å². The van der Waals surface area contributed by atoms with Crippen LogP contribution in [-0.4, -0.2) is 30.7 Å². The van der Waals surface area contributed by atoms with Gasteiger partial charge in [0, 0.05) is 23.6 Å². The molecule has 10 heteroatoms. The minimum Gasteiger partial charge on any atom is -0.494 e. The van der Waals surface area contributed by atoms with Crippen LogP contribution in [0.15, 0.2) is 81.7 Å². The van der Waals surface area contributed by atoms with E-state index in [1.54, 1.807) is 23.9 Å². The Bertz CT molecular complexity index is 1770. The normalized spacial score (nSPS) is 18.3. The Hall–Kier alpha value is -3.46. The number of halogens is 3. The van der Waals surface area contributed by atoms with Crippen LogP contribution in [-0.2, 0) is 17.6 Å². The van der Waals surface area contributed by atoms with Crippen LogP contribution in [0.1, 0.15) is 79.6 Å². The summed E-state index contributed by atoms with van der Waals surface area (Å²) >= 11 is 14.5. The Kier molecular flexibility index (Phi) is 12.3. The quantitative estimate of drug-likeness (QED) is 0.0747. The number of methoxy groups -OCH3 is 1. The van der Waals surface area contributed by atoms with Crippen molar-refractivity contribution in [2.24, 2.45) is 28.3 Å². The van der Waals surface area contributed by atoms with E-state index in [0.717, 1.165) is 27.2 Å². The summed E-state index contributed by atoms with van der Waals surface area (Å²) in [5.74, 6) is -0.661. The SMILES string of the molecule is COc1cc(C2C(SCc3ccc(CCCN=C(N)N)c(C(=O)O)c3)=C(C)C(C)C=C(C(C)(C)c3ccc(Cl)c(Cl)c3)C2C)ccc1F. The van der Waals surface area contributed by atoms with Crippen molar-refractivity contribution in [2.45, 2.75) is 64.5 Å². The number of carboxylic acids is 1. The molecule has 3 atom stereocenters. The second-order valence-corrected chi connectivity index (χ2v) is 14.7. The van der Waals surface area contributed by atoms with E-state index < -0.39 is 17.2 Å². The van der Waals surface area contributed by atoms with Crippen molar-refractivity contribution in [2.75, 3.05) is 13.7 Å². The molecule has 4 rings (SSSR count). The molecule has 0 spiro atoms. The Balaban J connectivity index is 1.74. The Morgan fingerprint density at radius 2 is 1.79 bits per heavy atom. The van der Waals surface area contributed by atoms with Crippen LogP contribution in [0.5, 0.6) is 5.75 Å². The lowest BCUT2D eigenvalue weighted by atomic mass is 9.68. The van der Waals surface area contributed by atoms with E-state index in [0.29, 0.717) is 35.2 Å². The predicted molar refractivity (Wildman–Crippen MR) is 198 cm³/mol. The standard InChI is InChI=1S/C38H44Cl2FN3O3S/c1-21-16-29(38(4,5)27-12-13-30(39)31(40)19-27)23(3)34(26-11-14-32(41)33(18-26)47-6)35(22(21)2)48-20-24-9-10-25(28(17-24)36(45)46)8-7-15-44-37(42)43/h9-14,16-19,21,23,34H,7-8,15,20H2,1-6H3,(H,45,46)(H4,42,43,44). The fourth-order valence-electron chi connectivity index (χ4n) is 6.53. The summed E-state index contributed by atoms with van der Waals surface area (Å²) in [6.45, 7) is 11.4.